The number of imidazole rings is 1. The van der Waals surface area contributed by atoms with Crippen LogP contribution in [0.5, 0.6) is 0 Å². The molecule has 0 radical (unpaired) electrons. The zero-order valence-electron chi connectivity index (χ0n) is 20.7. The van der Waals surface area contributed by atoms with Gasteiger partial charge >= 0.3 is 5.97 Å². The molecule has 0 bridgehead atoms. The molecule has 192 valence electrons. The molecule has 0 N–H and O–H groups in total. The van der Waals surface area contributed by atoms with Gasteiger partial charge in [0.2, 0.25) is 0 Å². The quantitative estimate of drug-likeness (QED) is 0.115. The van der Waals surface area contributed by atoms with E-state index in [1.165, 1.54) is 0 Å². The third-order valence-electron chi connectivity index (χ3n) is 5.73. The van der Waals surface area contributed by atoms with E-state index in [4.69, 9.17) is 9.47 Å². The van der Waals surface area contributed by atoms with Crippen LogP contribution in [0.4, 0.5) is 11.5 Å². The van der Waals surface area contributed by atoms with Crippen molar-refractivity contribution in [1.82, 2.24) is 29.5 Å². The van der Waals surface area contributed by atoms with Gasteiger partial charge < -0.3 is 14.0 Å². The van der Waals surface area contributed by atoms with Crippen LogP contribution in [0.1, 0.15) is 31.7 Å². The molecule has 4 heterocycles. The predicted molar refractivity (Wildman–Crippen MR) is 142 cm³/mol. The molecule has 12 heteroatoms. The van der Waals surface area contributed by atoms with Gasteiger partial charge in [-0.15, -0.1) is 11.8 Å². The molecule has 0 saturated heterocycles. The van der Waals surface area contributed by atoms with Gasteiger partial charge in [-0.1, -0.05) is 17.8 Å². The van der Waals surface area contributed by atoms with Crippen LogP contribution >= 0.6 is 23.5 Å². The van der Waals surface area contributed by atoms with Crippen LogP contribution in [0.2, 0.25) is 0 Å². The molecule has 0 saturated carbocycles. The second-order valence-electron chi connectivity index (χ2n) is 8.27. The molecule has 5 rings (SSSR count). The average molecular weight is 538 g/mol. The summed E-state index contributed by atoms with van der Waals surface area (Å²) in [5, 5.41) is 1.75. The van der Waals surface area contributed by atoms with Crippen LogP contribution in [0.25, 0.3) is 11.2 Å². The number of nitrogens with zero attached hydrogens (tertiary/aromatic N) is 7. The highest BCUT2D eigenvalue weighted by atomic mass is 32.2. The number of esters is 1. The van der Waals surface area contributed by atoms with Gasteiger partial charge in [0.1, 0.15) is 28.6 Å². The molecule has 1 aliphatic heterocycles. The topological polar surface area (TPSA) is 108 Å². The number of unbranched alkanes of at least 4 members (excludes halogenated alkanes) is 1. The number of rotatable bonds is 11. The van der Waals surface area contributed by atoms with Gasteiger partial charge in [0.15, 0.2) is 11.5 Å². The lowest BCUT2D eigenvalue weighted by Crippen LogP contribution is -2.24. The van der Waals surface area contributed by atoms with E-state index >= 15 is 0 Å². The third kappa shape index (κ3) is 5.71. The normalized spacial score (nSPS) is 12.4. The van der Waals surface area contributed by atoms with Crippen LogP contribution in [0, 0.1) is 0 Å². The Morgan fingerprint density at radius 3 is 2.86 bits per heavy atom. The first-order valence-corrected chi connectivity index (χ1v) is 13.8. The van der Waals surface area contributed by atoms with Crippen LogP contribution in [0.3, 0.4) is 0 Å². The van der Waals surface area contributed by atoms with Crippen LogP contribution in [0.15, 0.2) is 58.2 Å². The maximum absolute atomic E-state index is 11.6. The number of carbonyl (C=O) groups is 1. The van der Waals surface area contributed by atoms with Crippen molar-refractivity contribution in [3.05, 3.63) is 48.8 Å². The Hall–Kier alpha value is -3.22. The Balaban J connectivity index is 1.33. The number of carbonyl (C=O) groups excluding carboxylic acids is 1. The van der Waals surface area contributed by atoms with Crippen molar-refractivity contribution in [2.75, 3.05) is 31.1 Å². The number of hydrogen-bond acceptors (Lipinski definition) is 11. The summed E-state index contributed by atoms with van der Waals surface area (Å²) in [4.78, 5) is 37.1. The van der Waals surface area contributed by atoms with Crippen molar-refractivity contribution in [2.24, 2.45) is 0 Å². The number of methoxy groups -OCH3 is 1. The molecule has 4 aromatic rings. The molecule has 0 atom stereocenters. The summed E-state index contributed by atoms with van der Waals surface area (Å²) in [5.74, 6) is 1.50. The Kier molecular flexibility index (Phi) is 8.17. The molecule has 0 amide bonds. The second-order valence-corrected chi connectivity index (χ2v) is 10.4. The summed E-state index contributed by atoms with van der Waals surface area (Å²) in [6, 6.07) is 6.40. The first-order valence-electron chi connectivity index (χ1n) is 12.0. The lowest BCUT2D eigenvalue weighted by Gasteiger charge is -2.30. The average Bonchev–Trinajstić information content (AvgIpc) is 3.32. The minimum Gasteiger partial charge on any atom is -0.466 e. The Morgan fingerprint density at radius 2 is 2.00 bits per heavy atom. The summed E-state index contributed by atoms with van der Waals surface area (Å²) in [6.07, 6.45) is 8.90. The summed E-state index contributed by atoms with van der Waals surface area (Å²) >= 11 is 3.27. The van der Waals surface area contributed by atoms with Crippen molar-refractivity contribution in [3.8, 4) is 0 Å². The fourth-order valence-corrected chi connectivity index (χ4v) is 6.08. The van der Waals surface area contributed by atoms with Crippen molar-refractivity contribution in [3.63, 3.8) is 0 Å². The molecule has 1 aliphatic rings. The van der Waals surface area contributed by atoms with Crippen LogP contribution in [-0.4, -0.2) is 61.7 Å². The highest BCUT2D eigenvalue weighted by Crippen LogP contribution is 2.46. The van der Waals surface area contributed by atoms with E-state index < -0.39 is 0 Å². The smallest absolute Gasteiger partial charge is 0.305 e. The highest BCUT2D eigenvalue weighted by molar-refractivity contribution is 7.99. The largest absolute Gasteiger partial charge is 0.466 e. The number of benzene rings is 1. The Labute approximate surface area is 223 Å². The summed E-state index contributed by atoms with van der Waals surface area (Å²) in [5.41, 5.74) is 3.73. The number of ether oxygens (including phenoxy) is 2. The SMILES string of the molecule is CCOC(=O)CCCCSc1ncnc2ncn(Cc3ccc4c(c3)N(COC)c3nccnc3S4)c12. The number of fused-ring (bicyclic) bond motifs is 3. The van der Waals surface area contributed by atoms with Crippen LogP contribution in [-0.2, 0) is 20.8 Å². The molecule has 0 unspecified atom stereocenters. The monoisotopic (exact) mass is 537 g/mol. The minimum absolute atomic E-state index is 0.141. The molecule has 0 spiro atoms. The zero-order valence-corrected chi connectivity index (χ0v) is 22.3. The third-order valence-corrected chi connectivity index (χ3v) is 7.84. The van der Waals surface area contributed by atoms with E-state index in [2.05, 4.69) is 47.7 Å². The predicted octanol–water partition coefficient (Wildman–Crippen LogP) is 4.70. The number of thioether (sulfide) groups is 1. The second kappa shape index (κ2) is 11.9. The van der Waals surface area contributed by atoms with Crippen molar-refractivity contribution in [1.29, 1.82) is 0 Å². The first-order chi connectivity index (χ1) is 18.2. The lowest BCUT2D eigenvalue weighted by molar-refractivity contribution is -0.143. The first kappa shape index (κ1) is 25.4. The van der Waals surface area contributed by atoms with Crippen molar-refractivity contribution in [2.45, 2.75) is 47.7 Å². The lowest BCUT2D eigenvalue weighted by atomic mass is 10.1. The minimum atomic E-state index is -0.141. The van der Waals surface area contributed by atoms with E-state index in [1.54, 1.807) is 49.4 Å². The van der Waals surface area contributed by atoms with Gasteiger partial charge in [0.05, 0.1) is 18.6 Å². The van der Waals surface area contributed by atoms with Gasteiger partial charge in [-0.3, -0.25) is 9.69 Å². The van der Waals surface area contributed by atoms with Crippen molar-refractivity contribution < 1.29 is 14.3 Å². The fraction of sp³-hybridized carbons (Fsp3) is 0.360. The van der Waals surface area contributed by atoms with Gasteiger partial charge in [-0.25, -0.2) is 24.9 Å². The standard InChI is InChI=1S/C25H27N7O3S2/c1-3-35-20(33)6-4-5-11-36-24-21-22(28-14-29-24)30-15-31(21)13-17-7-8-19-18(12-17)32(16-34-2)23-25(37-19)27-10-9-26-23/h7-10,12,14-15H,3-6,11,13,16H2,1-2H3. The Morgan fingerprint density at radius 1 is 1.11 bits per heavy atom. The van der Waals surface area contributed by atoms with E-state index in [-0.39, 0.29) is 5.97 Å². The number of aromatic nitrogens is 6. The van der Waals surface area contributed by atoms with E-state index in [0.717, 1.165) is 56.1 Å². The van der Waals surface area contributed by atoms with E-state index in [1.807, 2.05) is 18.2 Å². The number of anilines is 2. The van der Waals surface area contributed by atoms with Crippen LogP contribution < -0.4 is 4.90 Å². The molecule has 37 heavy (non-hydrogen) atoms. The highest BCUT2D eigenvalue weighted by Gasteiger charge is 2.26. The van der Waals surface area contributed by atoms with E-state index in [9.17, 15) is 4.79 Å². The molecule has 0 fully saturated rings. The molecule has 1 aromatic carbocycles. The maximum atomic E-state index is 11.6. The van der Waals surface area contributed by atoms with Gasteiger partial charge in [0, 0.05) is 37.4 Å². The number of hydrogen-bond donors (Lipinski definition) is 0. The zero-order chi connectivity index (χ0) is 25.6. The summed E-state index contributed by atoms with van der Waals surface area (Å²) in [7, 11) is 1.68. The summed E-state index contributed by atoms with van der Waals surface area (Å²) in [6.45, 7) is 3.24. The molecule has 10 nitrogen and oxygen atoms in total. The van der Waals surface area contributed by atoms with Gasteiger partial charge in [-0.05, 0) is 43.2 Å². The molecular weight excluding hydrogens is 510 g/mol. The molecule has 3 aromatic heterocycles. The van der Waals surface area contributed by atoms with Crippen molar-refractivity contribution >= 4 is 52.2 Å². The molecule has 0 aliphatic carbocycles. The van der Waals surface area contributed by atoms with Gasteiger partial charge in [0.25, 0.3) is 0 Å². The Bertz CT molecular complexity index is 1400. The molecular formula is C25H27N7O3S2. The maximum Gasteiger partial charge on any atom is 0.305 e. The summed E-state index contributed by atoms with van der Waals surface area (Å²) < 4.78 is 12.6. The van der Waals surface area contributed by atoms with Gasteiger partial charge in [-0.2, -0.15) is 0 Å². The van der Waals surface area contributed by atoms with E-state index in [0.29, 0.717) is 32.0 Å². The fourth-order valence-electron chi connectivity index (χ4n) is 4.09.